The minimum Gasteiger partial charge on any atom is -0.485 e. The minimum absolute atomic E-state index is 0.0439. The smallest absolute Gasteiger partial charge is 0.222 e. The van der Waals surface area contributed by atoms with E-state index < -0.39 is 17.7 Å². The van der Waals surface area contributed by atoms with Crippen molar-refractivity contribution in [3.05, 3.63) is 29.3 Å². The van der Waals surface area contributed by atoms with E-state index >= 15 is 0 Å². The molecule has 1 aliphatic heterocycles. The van der Waals surface area contributed by atoms with Crippen molar-refractivity contribution in [2.75, 3.05) is 6.61 Å². The van der Waals surface area contributed by atoms with Crippen LogP contribution >= 0.6 is 0 Å². The lowest BCUT2D eigenvalue weighted by Gasteiger charge is -2.42. The molecule has 1 aromatic rings. The number of benzene rings is 1. The van der Waals surface area contributed by atoms with Gasteiger partial charge < -0.3 is 20.3 Å². The van der Waals surface area contributed by atoms with E-state index in [1.54, 1.807) is 32.0 Å². The number of rotatable bonds is 3. The Balaban J connectivity index is 2.42. The number of aliphatic hydroxyl groups excluding tert-OH is 2. The monoisotopic (exact) mass is 290 g/mol. The largest absolute Gasteiger partial charge is 0.485 e. The number of ether oxygens (including phenoxy) is 1. The highest BCUT2D eigenvalue weighted by Crippen LogP contribution is 2.40. The quantitative estimate of drug-likeness (QED) is 0.757. The first-order chi connectivity index (χ1) is 9.89. The Kier molecular flexibility index (Phi) is 4.16. The molecular weight excluding hydrogens is 272 g/mol. The van der Waals surface area contributed by atoms with Gasteiger partial charge in [-0.3, -0.25) is 4.79 Å². The first-order valence-electron chi connectivity index (χ1n) is 6.70. The van der Waals surface area contributed by atoms with Gasteiger partial charge in [0.25, 0.3) is 0 Å². The molecule has 0 radical (unpaired) electrons. The molecule has 0 fully saturated rings. The summed E-state index contributed by atoms with van der Waals surface area (Å²) >= 11 is 0. The van der Waals surface area contributed by atoms with Crippen LogP contribution < -0.4 is 10.1 Å². The predicted octanol–water partition coefficient (Wildman–Crippen LogP) is 0.630. The number of nitriles is 1. The summed E-state index contributed by atoms with van der Waals surface area (Å²) in [4.78, 5) is 11.7. The minimum atomic E-state index is -0.971. The van der Waals surface area contributed by atoms with Gasteiger partial charge in [0.1, 0.15) is 17.5 Å². The highest BCUT2D eigenvalue weighted by Gasteiger charge is 2.43. The van der Waals surface area contributed by atoms with Crippen LogP contribution in [0.15, 0.2) is 18.2 Å². The summed E-state index contributed by atoms with van der Waals surface area (Å²) in [6, 6.07) is 6.22. The lowest BCUT2D eigenvalue weighted by Crippen LogP contribution is -2.53. The van der Waals surface area contributed by atoms with Gasteiger partial charge >= 0.3 is 0 Å². The highest BCUT2D eigenvalue weighted by atomic mass is 16.5. The van der Waals surface area contributed by atoms with E-state index in [-0.39, 0.29) is 18.9 Å². The normalized spacial score (nSPS) is 22.6. The van der Waals surface area contributed by atoms with Gasteiger partial charge in [-0.1, -0.05) is 0 Å². The van der Waals surface area contributed by atoms with Crippen LogP contribution in [0.25, 0.3) is 0 Å². The molecule has 0 aromatic heterocycles. The maximum atomic E-state index is 11.7. The molecule has 0 saturated heterocycles. The molecular formula is C15H18N2O4. The Morgan fingerprint density at radius 1 is 1.52 bits per heavy atom. The third kappa shape index (κ3) is 2.99. The van der Waals surface area contributed by atoms with Crippen molar-refractivity contribution in [2.24, 2.45) is 0 Å². The highest BCUT2D eigenvalue weighted by molar-refractivity contribution is 5.77. The van der Waals surface area contributed by atoms with E-state index in [0.29, 0.717) is 16.9 Å². The zero-order chi connectivity index (χ0) is 15.6. The summed E-state index contributed by atoms with van der Waals surface area (Å²) < 4.78 is 5.74. The fraction of sp³-hybridized carbons (Fsp3) is 0.467. The number of hydrogen-bond donors (Lipinski definition) is 3. The van der Waals surface area contributed by atoms with E-state index in [4.69, 9.17) is 15.1 Å². The summed E-state index contributed by atoms with van der Waals surface area (Å²) in [7, 11) is 0. The molecule has 21 heavy (non-hydrogen) atoms. The van der Waals surface area contributed by atoms with Crippen LogP contribution in [-0.2, 0) is 4.79 Å². The number of nitrogens with one attached hydrogen (secondary N) is 1. The van der Waals surface area contributed by atoms with Crippen molar-refractivity contribution in [3.63, 3.8) is 0 Å². The van der Waals surface area contributed by atoms with Gasteiger partial charge in [-0.2, -0.15) is 5.26 Å². The second-order valence-corrected chi connectivity index (χ2v) is 5.53. The van der Waals surface area contributed by atoms with Gasteiger partial charge in [-0.05, 0) is 32.0 Å². The van der Waals surface area contributed by atoms with Crippen molar-refractivity contribution in [2.45, 2.75) is 38.0 Å². The van der Waals surface area contributed by atoms with Crippen LogP contribution in [0.4, 0.5) is 0 Å². The van der Waals surface area contributed by atoms with Gasteiger partial charge in [0, 0.05) is 12.0 Å². The lowest BCUT2D eigenvalue weighted by atomic mass is 9.86. The van der Waals surface area contributed by atoms with E-state index in [2.05, 4.69) is 5.32 Å². The van der Waals surface area contributed by atoms with Crippen LogP contribution in [0.5, 0.6) is 5.75 Å². The molecule has 6 nitrogen and oxygen atoms in total. The van der Waals surface area contributed by atoms with Crippen molar-refractivity contribution in [1.82, 2.24) is 5.32 Å². The lowest BCUT2D eigenvalue weighted by molar-refractivity contribution is -0.126. The van der Waals surface area contributed by atoms with E-state index in [0.717, 1.165) is 0 Å². The Morgan fingerprint density at radius 2 is 2.24 bits per heavy atom. The summed E-state index contributed by atoms with van der Waals surface area (Å²) in [5, 5.41) is 30.9. The molecule has 2 rings (SSSR count). The van der Waals surface area contributed by atoms with E-state index in [1.807, 2.05) is 6.07 Å². The molecule has 0 aliphatic carbocycles. The summed E-state index contributed by atoms with van der Waals surface area (Å²) in [5.41, 5.74) is 0.107. The first-order valence-corrected chi connectivity index (χ1v) is 6.70. The number of amides is 1. The van der Waals surface area contributed by atoms with Gasteiger partial charge in [-0.25, -0.2) is 0 Å². The second-order valence-electron chi connectivity index (χ2n) is 5.53. The molecule has 112 valence electrons. The number of hydrogen-bond acceptors (Lipinski definition) is 5. The molecule has 0 saturated carbocycles. The summed E-state index contributed by atoms with van der Waals surface area (Å²) in [6.07, 6.45) is -1.01. The SMILES string of the molecule is CC1(C)Oc2ccc(C#N)cc2[C@H](NC(=O)CCO)[C@H]1O. The Morgan fingerprint density at radius 3 is 2.86 bits per heavy atom. The van der Waals surface area contributed by atoms with Crippen molar-refractivity contribution in [3.8, 4) is 11.8 Å². The van der Waals surface area contributed by atoms with Crippen molar-refractivity contribution < 1.29 is 19.7 Å². The maximum absolute atomic E-state index is 11.7. The number of fused-ring (bicyclic) bond motifs is 1. The van der Waals surface area contributed by atoms with E-state index in [1.165, 1.54) is 0 Å². The second kappa shape index (κ2) is 5.72. The fourth-order valence-electron chi connectivity index (χ4n) is 2.37. The molecule has 0 unspecified atom stereocenters. The Hall–Kier alpha value is -2.10. The number of carbonyl (C=O) groups excluding carboxylic acids is 1. The topological polar surface area (TPSA) is 103 Å². The van der Waals surface area contributed by atoms with Crippen LogP contribution in [0.1, 0.15) is 37.4 Å². The standard InChI is InChI=1S/C15H18N2O4/c1-15(2)14(20)13(17-12(19)5-6-18)10-7-9(8-16)3-4-11(10)21-15/h3-4,7,13-14,18,20H,5-6H2,1-2H3,(H,17,19)/t13-,14+/m0/s1. The van der Waals surface area contributed by atoms with Crippen molar-refractivity contribution in [1.29, 1.82) is 5.26 Å². The third-order valence-electron chi connectivity index (χ3n) is 3.53. The summed E-state index contributed by atoms with van der Waals surface area (Å²) in [6.45, 7) is 3.19. The van der Waals surface area contributed by atoms with E-state index in [9.17, 15) is 9.90 Å². The number of nitrogens with zero attached hydrogens (tertiary/aromatic N) is 1. The predicted molar refractivity (Wildman–Crippen MR) is 74.5 cm³/mol. The average Bonchev–Trinajstić information content (AvgIpc) is 2.43. The molecule has 0 bridgehead atoms. The van der Waals surface area contributed by atoms with Crippen LogP contribution in [0, 0.1) is 11.3 Å². The molecule has 1 aliphatic rings. The molecule has 6 heteroatoms. The molecule has 1 heterocycles. The third-order valence-corrected chi connectivity index (χ3v) is 3.53. The molecule has 1 amide bonds. The van der Waals surface area contributed by atoms with Gasteiger partial charge in [0.15, 0.2) is 0 Å². The van der Waals surface area contributed by atoms with Crippen LogP contribution in [0.3, 0.4) is 0 Å². The Labute approximate surface area is 123 Å². The van der Waals surface area contributed by atoms with Crippen molar-refractivity contribution >= 4 is 5.91 Å². The maximum Gasteiger partial charge on any atom is 0.222 e. The first kappa shape index (κ1) is 15.3. The molecule has 1 aromatic carbocycles. The fourth-order valence-corrected chi connectivity index (χ4v) is 2.37. The molecule has 2 atom stereocenters. The van der Waals surface area contributed by atoms with Crippen LogP contribution in [-0.4, -0.2) is 34.4 Å². The van der Waals surface area contributed by atoms with Gasteiger partial charge in [0.2, 0.25) is 5.91 Å². The number of carbonyl (C=O) groups is 1. The molecule has 0 spiro atoms. The Bertz CT molecular complexity index is 592. The zero-order valence-electron chi connectivity index (χ0n) is 12.0. The molecule has 3 N–H and O–H groups in total. The van der Waals surface area contributed by atoms with Crippen LogP contribution in [0.2, 0.25) is 0 Å². The number of aliphatic hydroxyl groups is 2. The zero-order valence-corrected chi connectivity index (χ0v) is 12.0. The summed E-state index contributed by atoms with van der Waals surface area (Å²) in [5.74, 6) is 0.158. The van der Waals surface area contributed by atoms with Gasteiger partial charge in [0.05, 0.1) is 24.3 Å². The average molecular weight is 290 g/mol. The van der Waals surface area contributed by atoms with Gasteiger partial charge in [-0.15, -0.1) is 0 Å².